The molecule has 6 heteroatoms. The molecule has 6 nitrogen and oxygen atoms in total. The van der Waals surface area contributed by atoms with Gasteiger partial charge >= 0.3 is 5.97 Å². The van der Waals surface area contributed by atoms with E-state index in [1.807, 2.05) is 6.07 Å². The van der Waals surface area contributed by atoms with E-state index in [-0.39, 0.29) is 25.0 Å². The van der Waals surface area contributed by atoms with E-state index >= 15 is 0 Å². The lowest BCUT2D eigenvalue weighted by molar-refractivity contribution is -0.141. The lowest BCUT2D eigenvalue weighted by atomic mass is 10.2. The number of esters is 1. The van der Waals surface area contributed by atoms with Crippen LogP contribution < -0.4 is 15.0 Å². The SMILES string of the molecule is CCOC(=O)CN(C)c1ccc2c(c1)NC(=O)CO2. The Kier molecular flexibility index (Phi) is 3.89. The van der Waals surface area contributed by atoms with Crippen molar-refractivity contribution in [3.05, 3.63) is 18.2 Å². The molecule has 1 heterocycles. The summed E-state index contributed by atoms with van der Waals surface area (Å²) in [4.78, 5) is 24.4. The van der Waals surface area contributed by atoms with Gasteiger partial charge in [0.1, 0.15) is 12.3 Å². The summed E-state index contributed by atoms with van der Waals surface area (Å²) in [6.07, 6.45) is 0. The number of carbonyl (C=O) groups is 2. The van der Waals surface area contributed by atoms with Gasteiger partial charge in [0.05, 0.1) is 12.3 Å². The minimum atomic E-state index is -0.289. The Morgan fingerprint density at radius 3 is 3.05 bits per heavy atom. The monoisotopic (exact) mass is 264 g/mol. The topological polar surface area (TPSA) is 67.9 Å². The molecular weight excluding hydrogens is 248 g/mol. The number of hydrogen-bond donors (Lipinski definition) is 1. The molecule has 0 saturated heterocycles. The third kappa shape index (κ3) is 3.15. The maximum absolute atomic E-state index is 11.4. The third-order valence-corrected chi connectivity index (χ3v) is 2.71. The Labute approximate surface area is 111 Å². The number of fused-ring (bicyclic) bond motifs is 1. The number of amides is 1. The van der Waals surface area contributed by atoms with Crippen LogP contribution >= 0.6 is 0 Å². The minimum Gasteiger partial charge on any atom is -0.482 e. The van der Waals surface area contributed by atoms with E-state index in [1.165, 1.54) is 0 Å². The first kappa shape index (κ1) is 13.2. The van der Waals surface area contributed by atoms with Crippen LogP contribution in [-0.4, -0.2) is 38.7 Å². The zero-order valence-electron chi connectivity index (χ0n) is 10.9. The molecule has 0 saturated carbocycles. The first-order chi connectivity index (χ1) is 9.10. The summed E-state index contributed by atoms with van der Waals surface area (Å²) < 4.78 is 10.2. The van der Waals surface area contributed by atoms with Gasteiger partial charge < -0.3 is 19.7 Å². The van der Waals surface area contributed by atoms with Gasteiger partial charge in [-0.1, -0.05) is 0 Å². The second kappa shape index (κ2) is 5.60. The fourth-order valence-corrected chi connectivity index (χ4v) is 1.80. The number of nitrogens with one attached hydrogen (secondary N) is 1. The average Bonchev–Trinajstić information content (AvgIpc) is 2.38. The molecule has 0 bridgehead atoms. The number of benzene rings is 1. The fourth-order valence-electron chi connectivity index (χ4n) is 1.80. The van der Waals surface area contributed by atoms with Crippen LogP contribution in [0.3, 0.4) is 0 Å². The molecule has 1 aromatic rings. The number of carbonyl (C=O) groups excluding carboxylic acids is 2. The van der Waals surface area contributed by atoms with Crippen LogP contribution in [-0.2, 0) is 14.3 Å². The predicted molar refractivity (Wildman–Crippen MR) is 70.5 cm³/mol. The van der Waals surface area contributed by atoms with Crippen LogP contribution in [0.15, 0.2) is 18.2 Å². The van der Waals surface area contributed by atoms with Crippen molar-refractivity contribution in [3.8, 4) is 5.75 Å². The molecule has 19 heavy (non-hydrogen) atoms. The maximum Gasteiger partial charge on any atom is 0.325 e. The molecule has 0 aliphatic carbocycles. The van der Waals surface area contributed by atoms with Gasteiger partial charge in [0.25, 0.3) is 5.91 Å². The Morgan fingerprint density at radius 1 is 1.53 bits per heavy atom. The number of anilines is 2. The molecule has 0 spiro atoms. The van der Waals surface area contributed by atoms with Crippen LogP contribution in [0.25, 0.3) is 0 Å². The Hall–Kier alpha value is -2.24. The van der Waals surface area contributed by atoms with Crippen LogP contribution in [0, 0.1) is 0 Å². The molecular formula is C13H16N2O4. The first-order valence-electron chi connectivity index (χ1n) is 6.03. The molecule has 1 aliphatic rings. The number of likely N-dealkylation sites (N-methyl/N-ethyl adjacent to an activating group) is 1. The Morgan fingerprint density at radius 2 is 2.32 bits per heavy atom. The second-order valence-corrected chi connectivity index (χ2v) is 4.18. The van der Waals surface area contributed by atoms with Crippen LogP contribution in [0.2, 0.25) is 0 Å². The molecule has 0 radical (unpaired) electrons. The van der Waals surface area contributed by atoms with Gasteiger partial charge in [-0.3, -0.25) is 9.59 Å². The van der Waals surface area contributed by atoms with Gasteiger partial charge in [-0.15, -0.1) is 0 Å². The number of ether oxygens (including phenoxy) is 2. The van der Waals surface area contributed by atoms with E-state index < -0.39 is 0 Å². The number of hydrogen-bond acceptors (Lipinski definition) is 5. The lowest BCUT2D eigenvalue weighted by Gasteiger charge is -2.22. The van der Waals surface area contributed by atoms with Crippen molar-refractivity contribution in [2.75, 3.05) is 37.0 Å². The smallest absolute Gasteiger partial charge is 0.325 e. The van der Waals surface area contributed by atoms with Gasteiger partial charge in [-0.25, -0.2) is 0 Å². The number of nitrogens with zero attached hydrogens (tertiary/aromatic N) is 1. The zero-order chi connectivity index (χ0) is 13.8. The molecule has 1 amide bonds. The van der Waals surface area contributed by atoms with Crippen LogP contribution in [0.1, 0.15) is 6.92 Å². The van der Waals surface area contributed by atoms with Gasteiger partial charge in [0.2, 0.25) is 0 Å². The minimum absolute atomic E-state index is 0.0327. The molecule has 0 unspecified atom stereocenters. The quantitative estimate of drug-likeness (QED) is 0.822. The summed E-state index contributed by atoms with van der Waals surface area (Å²) in [6, 6.07) is 5.37. The molecule has 0 aromatic heterocycles. The van der Waals surface area contributed by atoms with Crippen molar-refractivity contribution in [3.63, 3.8) is 0 Å². The summed E-state index contributed by atoms with van der Waals surface area (Å²) in [5.74, 6) is 0.161. The second-order valence-electron chi connectivity index (χ2n) is 4.18. The van der Waals surface area contributed by atoms with E-state index in [0.29, 0.717) is 18.0 Å². The van der Waals surface area contributed by atoms with Gasteiger partial charge in [-0.05, 0) is 25.1 Å². The molecule has 1 N–H and O–H groups in total. The van der Waals surface area contributed by atoms with E-state index in [9.17, 15) is 9.59 Å². The number of rotatable bonds is 4. The highest BCUT2D eigenvalue weighted by Crippen LogP contribution is 2.31. The standard InChI is InChI=1S/C13H16N2O4/c1-3-18-13(17)7-15(2)9-4-5-11-10(6-9)14-12(16)8-19-11/h4-6H,3,7-8H2,1-2H3,(H,14,16). The van der Waals surface area contributed by atoms with Crippen LogP contribution in [0.4, 0.5) is 11.4 Å². The summed E-state index contributed by atoms with van der Waals surface area (Å²) in [6.45, 7) is 2.32. The van der Waals surface area contributed by atoms with E-state index in [4.69, 9.17) is 9.47 Å². The fraction of sp³-hybridized carbons (Fsp3) is 0.385. The molecule has 0 fully saturated rings. The highest BCUT2D eigenvalue weighted by molar-refractivity contribution is 5.96. The molecule has 102 valence electrons. The summed E-state index contributed by atoms with van der Waals surface area (Å²) in [5, 5.41) is 2.73. The van der Waals surface area contributed by atoms with E-state index in [0.717, 1.165) is 5.69 Å². The van der Waals surface area contributed by atoms with Crippen molar-refractivity contribution in [1.29, 1.82) is 0 Å². The first-order valence-corrected chi connectivity index (χ1v) is 6.03. The van der Waals surface area contributed by atoms with E-state index in [2.05, 4.69) is 5.32 Å². The van der Waals surface area contributed by atoms with Gasteiger partial charge in [0.15, 0.2) is 6.61 Å². The van der Waals surface area contributed by atoms with Gasteiger partial charge in [-0.2, -0.15) is 0 Å². The largest absolute Gasteiger partial charge is 0.482 e. The molecule has 2 rings (SSSR count). The normalized spacial score (nSPS) is 13.1. The molecule has 0 atom stereocenters. The highest BCUT2D eigenvalue weighted by atomic mass is 16.5. The Balaban J connectivity index is 2.10. The van der Waals surface area contributed by atoms with Gasteiger partial charge in [0, 0.05) is 12.7 Å². The lowest BCUT2D eigenvalue weighted by Crippen LogP contribution is -2.28. The average molecular weight is 264 g/mol. The Bertz CT molecular complexity index is 501. The molecule has 1 aromatic carbocycles. The summed E-state index contributed by atoms with van der Waals surface area (Å²) >= 11 is 0. The van der Waals surface area contributed by atoms with Crippen molar-refractivity contribution < 1.29 is 19.1 Å². The van der Waals surface area contributed by atoms with Crippen molar-refractivity contribution in [2.45, 2.75) is 6.92 Å². The van der Waals surface area contributed by atoms with Crippen molar-refractivity contribution in [1.82, 2.24) is 0 Å². The van der Waals surface area contributed by atoms with E-state index in [1.54, 1.807) is 31.0 Å². The van der Waals surface area contributed by atoms with Crippen molar-refractivity contribution >= 4 is 23.3 Å². The maximum atomic E-state index is 11.4. The van der Waals surface area contributed by atoms with Crippen molar-refractivity contribution in [2.24, 2.45) is 0 Å². The third-order valence-electron chi connectivity index (χ3n) is 2.71. The predicted octanol–water partition coefficient (Wildman–Crippen LogP) is 1.02. The summed E-state index contributed by atoms with van der Waals surface area (Å²) in [5.41, 5.74) is 1.42. The summed E-state index contributed by atoms with van der Waals surface area (Å²) in [7, 11) is 1.78. The molecule has 1 aliphatic heterocycles. The van der Waals surface area contributed by atoms with Crippen LogP contribution in [0.5, 0.6) is 5.75 Å². The zero-order valence-corrected chi connectivity index (χ0v) is 10.9. The highest BCUT2D eigenvalue weighted by Gasteiger charge is 2.17.